The summed E-state index contributed by atoms with van der Waals surface area (Å²) in [6, 6.07) is 0.946. The lowest BCUT2D eigenvalue weighted by atomic mass is 10.3. The molecular weight excluding hydrogens is 134 g/mol. The largest absolute Gasteiger partial charge is 0.300 e. The first kappa shape index (κ1) is 9.05. The fourth-order valence-corrected chi connectivity index (χ4v) is 1.52. The van der Waals surface area contributed by atoms with Crippen molar-refractivity contribution >= 4 is 0 Å². The van der Waals surface area contributed by atoms with Crippen molar-refractivity contribution in [2.24, 2.45) is 0 Å². The molecule has 0 aromatic carbocycles. The molecule has 1 saturated carbocycles. The third kappa shape index (κ3) is 3.24. The molecule has 65 valence electrons. The Labute approximate surface area is 70.8 Å². The molecule has 0 unspecified atom stereocenters. The van der Waals surface area contributed by atoms with Crippen molar-refractivity contribution in [3.8, 4) is 0 Å². The van der Waals surface area contributed by atoms with E-state index in [1.807, 2.05) is 0 Å². The van der Waals surface area contributed by atoms with E-state index in [9.17, 15) is 0 Å². The van der Waals surface area contributed by atoms with Crippen LogP contribution in [0.1, 0.15) is 39.0 Å². The van der Waals surface area contributed by atoms with Gasteiger partial charge in [-0.05, 0) is 38.8 Å². The molecule has 0 aliphatic heterocycles. The van der Waals surface area contributed by atoms with Gasteiger partial charge in [0.05, 0.1) is 0 Å². The zero-order valence-electron chi connectivity index (χ0n) is 7.68. The van der Waals surface area contributed by atoms with Gasteiger partial charge in [-0.15, -0.1) is 0 Å². The Kier molecular flexibility index (Phi) is 3.92. The van der Waals surface area contributed by atoms with Crippen LogP contribution >= 0.6 is 0 Å². The predicted molar refractivity (Wildman–Crippen MR) is 49.5 cm³/mol. The Morgan fingerprint density at radius 3 is 2.55 bits per heavy atom. The molecule has 0 spiro atoms. The van der Waals surface area contributed by atoms with Gasteiger partial charge in [0.2, 0.25) is 0 Å². The van der Waals surface area contributed by atoms with Crippen LogP contribution in [0.5, 0.6) is 0 Å². The van der Waals surface area contributed by atoms with E-state index in [0.29, 0.717) is 0 Å². The number of rotatable bonds is 6. The van der Waals surface area contributed by atoms with Crippen LogP contribution in [0, 0.1) is 6.92 Å². The highest BCUT2D eigenvalue weighted by atomic mass is 15.2. The zero-order chi connectivity index (χ0) is 8.10. The lowest BCUT2D eigenvalue weighted by Gasteiger charge is -2.20. The topological polar surface area (TPSA) is 3.24 Å². The van der Waals surface area contributed by atoms with Gasteiger partial charge in [0.15, 0.2) is 0 Å². The minimum atomic E-state index is 0.946. The maximum Gasteiger partial charge on any atom is 0.00964 e. The van der Waals surface area contributed by atoms with Crippen molar-refractivity contribution in [1.82, 2.24) is 4.90 Å². The van der Waals surface area contributed by atoms with Gasteiger partial charge in [-0.1, -0.05) is 20.3 Å². The summed E-state index contributed by atoms with van der Waals surface area (Å²) in [5.41, 5.74) is 0. The van der Waals surface area contributed by atoms with Gasteiger partial charge in [0.25, 0.3) is 0 Å². The SMILES string of the molecule is [CH2]CCCN(CCC)C1CC1. The molecule has 11 heavy (non-hydrogen) atoms. The van der Waals surface area contributed by atoms with Crippen molar-refractivity contribution in [3.05, 3.63) is 6.92 Å². The maximum absolute atomic E-state index is 3.87. The van der Waals surface area contributed by atoms with Crippen molar-refractivity contribution in [2.75, 3.05) is 13.1 Å². The Morgan fingerprint density at radius 1 is 1.36 bits per heavy atom. The molecule has 1 nitrogen and oxygen atoms in total. The predicted octanol–water partition coefficient (Wildman–Crippen LogP) is 2.48. The van der Waals surface area contributed by atoms with Crippen LogP contribution < -0.4 is 0 Å². The standard InChI is InChI=1S/C10H20N/c1-3-5-9-11(8-4-2)10-6-7-10/h10H,1,3-9H2,2H3. The summed E-state index contributed by atoms with van der Waals surface area (Å²) < 4.78 is 0. The second-order valence-corrected chi connectivity index (χ2v) is 3.47. The number of nitrogens with zero attached hydrogens (tertiary/aromatic N) is 1. The molecule has 0 amide bonds. The van der Waals surface area contributed by atoms with Crippen LogP contribution in [-0.4, -0.2) is 24.0 Å². The van der Waals surface area contributed by atoms with E-state index in [2.05, 4.69) is 18.7 Å². The first-order valence-electron chi connectivity index (χ1n) is 4.91. The quantitative estimate of drug-likeness (QED) is 0.568. The minimum absolute atomic E-state index is 0.946. The first-order valence-corrected chi connectivity index (χ1v) is 4.91. The lowest BCUT2D eigenvalue weighted by molar-refractivity contribution is 0.261. The fraction of sp³-hybridized carbons (Fsp3) is 0.900. The molecule has 0 saturated heterocycles. The summed E-state index contributed by atoms with van der Waals surface area (Å²) in [5, 5.41) is 0. The van der Waals surface area contributed by atoms with E-state index in [1.165, 1.54) is 38.8 Å². The van der Waals surface area contributed by atoms with Crippen LogP contribution in [0.25, 0.3) is 0 Å². The van der Waals surface area contributed by atoms with Gasteiger partial charge in [0, 0.05) is 6.04 Å². The second-order valence-electron chi connectivity index (χ2n) is 3.47. The van der Waals surface area contributed by atoms with Crippen molar-refractivity contribution in [1.29, 1.82) is 0 Å². The van der Waals surface area contributed by atoms with Gasteiger partial charge >= 0.3 is 0 Å². The molecular formula is C10H20N. The Morgan fingerprint density at radius 2 is 2.09 bits per heavy atom. The molecule has 0 bridgehead atoms. The summed E-state index contributed by atoms with van der Waals surface area (Å²) in [5.74, 6) is 0. The third-order valence-electron chi connectivity index (χ3n) is 2.27. The fourth-order valence-electron chi connectivity index (χ4n) is 1.52. The van der Waals surface area contributed by atoms with Gasteiger partial charge in [-0.3, -0.25) is 0 Å². The Hall–Kier alpha value is -0.0400. The second kappa shape index (κ2) is 4.76. The molecule has 0 heterocycles. The van der Waals surface area contributed by atoms with Crippen molar-refractivity contribution in [2.45, 2.75) is 45.1 Å². The van der Waals surface area contributed by atoms with Crippen LogP contribution in [0.4, 0.5) is 0 Å². The van der Waals surface area contributed by atoms with E-state index < -0.39 is 0 Å². The normalized spacial score (nSPS) is 17.7. The van der Waals surface area contributed by atoms with E-state index in [1.54, 1.807) is 0 Å². The maximum atomic E-state index is 3.87. The van der Waals surface area contributed by atoms with E-state index in [4.69, 9.17) is 0 Å². The van der Waals surface area contributed by atoms with Gasteiger partial charge in [-0.2, -0.15) is 0 Å². The molecule has 1 radical (unpaired) electrons. The molecule has 1 rings (SSSR count). The highest BCUT2D eigenvalue weighted by Crippen LogP contribution is 2.26. The Balaban J connectivity index is 2.10. The molecule has 1 fully saturated rings. The molecule has 1 heteroatoms. The molecule has 0 atom stereocenters. The molecule has 0 aromatic rings. The van der Waals surface area contributed by atoms with E-state index in [0.717, 1.165) is 12.5 Å². The molecule has 1 aliphatic rings. The van der Waals surface area contributed by atoms with Gasteiger partial charge in [0.1, 0.15) is 0 Å². The van der Waals surface area contributed by atoms with Crippen LogP contribution in [0.3, 0.4) is 0 Å². The lowest BCUT2D eigenvalue weighted by Crippen LogP contribution is -2.27. The summed E-state index contributed by atoms with van der Waals surface area (Å²) in [4.78, 5) is 2.63. The van der Waals surface area contributed by atoms with Crippen molar-refractivity contribution in [3.63, 3.8) is 0 Å². The summed E-state index contributed by atoms with van der Waals surface area (Å²) in [7, 11) is 0. The Bertz CT molecular complexity index is 97.0. The summed E-state index contributed by atoms with van der Waals surface area (Å²) >= 11 is 0. The summed E-state index contributed by atoms with van der Waals surface area (Å²) in [6.07, 6.45) is 6.55. The van der Waals surface area contributed by atoms with Gasteiger partial charge < -0.3 is 4.90 Å². The molecule has 0 N–H and O–H groups in total. The molecule has 0 aromatic heterocycles. The summed E-state index contributed by atoms with van der Waals surface area (Å²) in [6.45, 7) is 8.71. The van der Waals surface area contributed by atoms with Crippen molar-refractivity contribution < 1.29 is 0 Å². The number of hydrogen-bond donors (Lipinski definition) is 0. The average Bonchev–Trinajstić information content (AvgIpc) is 2.80. The zero-order valence-corrected chi connectivity index (χ0v) is 7.68. The minimum Gasteiger partial charge on any atom is -0.300 e. The van der Waals surface area contributed by atoms with E-state index >= 15 is 0 Å². The van der Waals surface area contributed by atoms with Crippen LogP contribution in [0.15, 0.2) is 0 Å². The number of hydrogen-bond acceptors (Lipinski definition) is 1. The van der Waals surface area contributed by atoms with E-state index in [-0.39, 0.29) is 0 Å². The highest BCUT2D eigenvalue weighted by Gasteiger charge is 2.27. The monoisotopic (exact) mass is 154 g/mol. The van der Waals surface area contributed by atoms with Crippen LogP contribution in [-0.2, 0) is 0 Å². The molecule has 1 aliphatic carbocycles. The number of unbranched alkanes of at least 4 members (excludes halogenated alkanes) is 1. The highest BCUT2D eigenvalue weighted by molar-refractivity contribution is 4.84. The smallest absolute Gasteiger partial charge is 0.00964 e. The van der Waals surface area contributed by atoms with Crippen LogP contribution in [0.2, 0.25) is 0 Å². The third-order valence-corrected chi connectivity index (χ3v) is 2.27. The van der Waals surface area contributed by atoms with Gasteiger partial charge in [-0.25, -0.2) is 0 Å². The average molecular weight is 154 g/mol. The first-order chi connectivity index (χ1) is 5.38.